The van der Waals surface area contributed by atoms with E-state index < -0.39 is 23.1 Å². The molecule has 0 bridgehead atoms. The maximum absolute atomic E-state index is 13.4. The lowest BCUT2D eigenvalue weighted by molar-refractivity contribution is -0.129. The van der Waals surface area contributed by atoms with Gasteiger partial charge >= 0.3 is 0 Å². The van der Waals surface area contributed by atoms with Crippen molar-refractivity contribution in [1.82, 2.24) is 10.0 Å². The number of aromatic nitrogens is 1. The van der Waals surface area contributed by atoms with E-state index in [2.05, 4.69) is 5.32 Å². The van der Waals surface area contributed by atoms with Gasteiger partial charge in [-0.1, -0.05) is 30.2 Å². The normalized spacial score (nSPS) is 10.8. The summed E-state index contributed by atoms with van der Waals surface area (Å²) in [7, 11) is 0. The third kappa shape index (κ3) is 5.48. The Kier molecular flexibility index (Phi) is 7.38. The topological polar surface area (TPSA) is 100 Å². The minimum atomic E-state index is -0.619. The Morgan fingerprint density at radius 2 is 1.87 bits per heavy atom. The van der Waals surface area contributed by atoms with E-state index in [-0.39, 0.29) is 22.7 Å². The predicted molar refractivity (Wildman–Crippen MR) is 116 cm³/mol. The summed E-state index contributed by atoms with van der Waals surface area (Å²) < 4.78 is 15.2. The summed E-state index contributed by atoms with van der Waals surface area (Å²) in [5.74, 6) is -1.66. The zero-order chi connectivity index (χ0) is 22.4. The van der Waals surface area contributed by atoms with Crippen LogP contribution in [0.2, 0.25) is 5.02 Å². The molecule has 0 unspecified atom stereocenters. The van der Waals surface area contributed by atoms with Crippen LogP contribution < -0.4 is 16.2 Å². The number of para-hydroxylation sites is 1. The number of hydrogen-bond acceptors (Lipinski definition) is 4. The highest BCUT2D eigenvalue weighted by molar-refractivity contribution is 6.31. The van der Waals surface area contributed by atoms with Crippen LogP contribution in [-0.2, 0) is 11.3 Å². The fraction of sp³-hybridized carbons (Fsp3) is 0.227. The molecule has 3 aromatic rings. The third-order valence-corrected chi connectivity index (χ3v) is 5.13. The molecule has 0 saturated carbocycles. The average Bonchev–Trinajstić information content (AvgIpc) is 2.77. The molecule has 0 radical (unpaired) electrons. The zero-order valence-corrected chi connectivity index (χ0v) is 17.3. The number of rotatable bonds is 8. The van der Waals surface area contributed by atoms with Crippen LogP contribution in [0.4, 0.5) is 10.1 Å². The first-order valence-electron chi connectivity index (χ1n) is 9.72. The molecule has 2 amide bonds. The van der Waals surface area contributed by atoms with Gasteiger partial charge in [0, 0.05) is 30.2 Å². The van der Waals surface area contributed by atoms with Crippen molar-refractivity contribution in [3.05, 3.63) is 75.3 Å². The van der Waals surface area contributed by atoms with Gasteiger partial charge in [0.2, 0.25) is 11.3 Å². The van der Waals surface area contributed by atoms with Crippen LogP contribution in [0.15, 0.2) is 53.5 Å². The summed E-state index contributed by atoms with van der Waals surface area (Å²) in [4.78, 5) is 36.8. The first kappa shape index (κ1) is 22.5. The van der Waals surface area contributed by atoms with E-state index in [1.165, 1.54) is 18.3 Å². The number of hydroxylamine groups is 1. The Bertz CT molecular complexity index is 1180. The lowest BCUT2D eigenvalue weighted by Gasteiger charge is -2.14. The second-order valence-electron chi connectivity index (χ2n) is 7.01. The van der Waals surface area contributed by atoms with Crippen LogP contribution in [0.1, 0.15) is 36.0 Å². The van der Waals surface area contributed by atoms with Crippen molar-refractivity contribution >= 4 is 40.0 Å². The molecule has 0 atom stereocenters. The van der Waals surface area contributed by atoms with Gasteiger partial charge < -0.3 is 9.88 Å². The van der Waals surface area contributed by atoms with E-state index >= 15 is 0 Å². The Balaban J connectivity index is 1.83. The highest BCUT2D eigenvalue weighted by Crippen LogP contribution is 2.20. The van der Waals surface area contributed by atoms with Crippen molar-refractivity contribution < 1.29 is 19.2 Å². The Hall–Kier alpha value is -3.23. The molecule has 7 nitrogen and oxygen atoms in total. The van der Waals surface area contributed by atoms with Gasteiger partial charge in [-0.25, -0.2) is 9.87 Å². The largest absolute Gasteiger partial charge is 0.346 e. The van der Waals surface area contributed by atoms with Gasteiger partial charge in [-0.3, -0.25) is 19.6 Å². The summed E-state index contributed by atoms with van der Waals surface area (Å²) in [6.07, 6.45) is 3.76. The molecule has 3 N–H and O–H groups in total. The molecule has 0 fully saturated rings. The number of nitrogens with zero attached hydrogens (tertiary/aromatic N) is 1. The molecule has 0 spiro atoms. The lowest BCUT2D eigenvalue weighted by Crippen LogP contribution is -2.24. The summed E-state index contributed by atoms with van der Waals surface area (Å²) in [6.45, 7) is 0.532. The molecule has 2 aromatic carbocycles. The molecule has 3 rings (SSSR count). The fourth-order valence-corrected chi connectivity index (χ4v) is 3.45. The van der Waals surface area contributed by atoms with Gasteiger partial charge in [-0.15, -0.1) is 0 Å². The monoisotopic (exact) mass is 445 g/mol. The van der Waals surface area contributed by atoms with Gasteiger partial charge in [-0.05, 0) is 43.2 Å². The standard InChI is InChI=1S/C22H21ClFN3O4/c23-17-12-14(9-10-18(17)24)25-22(30)16-13-27(11-5-1-2-8-20(28)26-31)19-7-4-3-6-15(19)21(16)29/h3-4,6-7,9-10,12-13,31H,1-2,5,8,11H2,(H,25,30)(H,26,28). The molecule has 1 heterocycles. The minimum absolute atomic E-state index is 0.0428. The molecule has 162 valence electrons. The molecule has 9 heteroatoms. The van der Waals surface area contributed by atoms with Gasteiger partial charge in [0.1, 0.15) is 11.4 Å². The minimum Gasteiger partial charge on any atom is -0.346 e. The zero-order valence-electron chi connectivity index (χ0n) is 16.5. The molecule has 31 heavy (non-hydrogen) atoms. The summed E-state index contributed by atoms with van der Waals surface area (Å²) in [6, 6.07) is 10.8. The average molecular weight is 446 g/mol. The van der Waals surface area contributed by atoms with Gasteiger partial charge in [-0.2, -0.15) is 0 Å². The number of hydrogen-bond donors (Lipinski definition) is 3. The number of carbonyl (C=O) groups is 2. The molecular weight excluding hydrogens is 425 g/mol. The van der Waals surface area contributed by atoms with E-state index in [1.807, 2.05) is 10.6 Å². The SMILES string of the molecule is O=C(CCCCCn1cc(C(=O)Nc2ccc(F)c(Cl)c2)c(=O)c2ccccc21)NO. The highest BCUT2D eigenvalue weighted by Gasteiger charge is 2.16. The van der Waals surface area contributed by atoms with Crippen molar-refractivity contribution in [3.8, 4) is 0 Å². The van der Waals surface area contributed by atoms with Crippen molar-refractivity contribution in [3.63, 3.8) is 0 Å². The molecule has 0 aliphatic rings. The van der Waals surface area contributed by atoms with Crippen LogP contribution in [0.25, 0.3) is 10.9 Å². The summed E-state index contributed by atoms with van der Waals surface area (Å²) in [5.41, 5.74) is 2.12. The molecule has 0 aliphatic carbocycles. The first-order valence-corrected chi connectivity index (χ1v) is 10.1. The molecule has 0 aliphatic heterocycles. The Labute approximate surface area is 182 Å². The van der Waals surface area contributed by atoms with Gasteiger partial charge in [0.15, 0.2) is 0 Å². The first-order chi connectivity index (χ1) is 14.9. The van der Waals surface area contributed by atoms with E-state index in [1.54, 1.807) is 23.7 Å². The maximum atomic E-state index is 13.4. The van der Waals surface area contributed by atoms with E-state index in [0.29, 0.717) is 30.3 Å². The number of unbranched alkanes of at least 4 members (excludes halogenated alkanes) is 2. The van der Waals surface area contributed by atoms with E-state index in [4.69, 9.17) is 16.8 Å². The molecular formula is C22H21ClFN3O4. The van der Waals surface area contributed by atoms with Crippen LogP contribution in [0.5, 0.6) is 0 Å². The number of carbonyl (C=O) groups excluding carboxylic acids is 2. The second-order valence-corrected chi connectivity index (χ2v) is 7.42. The number of nitrogens with one attached hydrogen (secondary N) is 2. The molecule has 1 aromatic heterocycles. The van der Waals surface area contributed by atoms with Crippen LogP contribution >= 0.6 is 11.6 Å². The predicted octanol–water partition coefficient (Wildman–Crippen LogP) is 4.11. The lowest BCUT2D eigenvalue weighted by atomic mass is 10.1. The number of fused-ring (bicyclic) bond motifs is 1. The third-order valence-electron chi connectivity index (χ3n) is 4.84. The summed E-state index contributed by atoms with van der Waals surface area (Å²) in [5, 5.41) is 11.4. The highest BCUT2D eigenvalue weighted by atomic mass is 35.5. The Morgan fingerprint density at radius 3 is 2.61 bits per heavy atom. The summed E-state index contributed by atoms with van der Waals surface area (Å²) >= 11 is 5.76. The van der Waals surface area contributed by atoms with Gasteiger partial charge in [0.25, 0.3) is 5.91 Å². The number of benzene rings is 2. The van der Waals surface area contributed by atoms with Crippen LogP contribution in [-0.4, -0.2) is 21.6 Å². The number of halogens is 2. The number of amides is 2. The van der Waals surface area contributed by atoms with Crippen LogP contribution in [0.3, 0.4) is 0 Å². The fourth-order valence-electron chi connectivity index (χ4n) is 3.26. The van der Waals surface area contributed by atoms with E-state index in [0.717, 1.165) is 12.5 Å². The quantitative estimate of drug-likeness (QED) is 0.276. The van der Waals surface area contributed by atoms with Crippen molar-refractivity contribution in [2.75, 3.05) is 5.32 Å². The van der Waals surface area contributed by atoms with Crippen molar-refractivity contribution in [2.24, 2.45) is 0 Å². The number of anilines is 1. The van der Waals surface area contributed by atoms with Crippen molar-refractivity contribution in [2.45, 2.75) is 32.2 Å². The maximum Gasteiger partial charge on any atom is 0.261 e. The number of aryl methyl sites for hydroxylation is 1. The van der Waals surface area contributed by atoms with Crippen molar-refractivity contribution in [1.29, 1.82) is 0 Å². The molecule has 0 saturated heterocycles. The number of pyridine rings is 1. The second kappa shape index (κ2) is 10.2. The van der Waals surface area contributed by atoms with Gasteiger partial charge in [0.05, 0.1) is 10.5 Å². The van der Waals surface area contributed by atoms with E-state index in [9.17, 15) is 18.8 Å². The Morgan fingerprint density at radius 1 is 1.10 bits per heavy atom. The smallest absolute Gasteiger partial charge is 0.261 e. The van der Waals surface area contributed by atoms with Crippen LogP contribution in [0, 0.1) is 5.82 Å².